The van der Waals surface area contributed by atoms with Crippen molar-refractivity contribution < 1.29 is 19.4 Å². The lowest BCUT2D eigenvalue weighted by Crippen LogP contribution is -2.14. The number of rotatable bonds is 8. The Morgan fingerprint density at radius 2 is 1.90 bits per heavy atom. The smallest absolute Gasteiger partial charge is 0.335 e. The van der Waals surface area contributed by atoms with Crippen LogP contribution in [0.2, 0.25) is 0 Å². The molecule has 0 aliphatic rings. The van der Waals surface area contributed by atoms with Gasteiger partial charge in [0.15, 0.2) is 0 Å². The van der Waals surface area contributed by atoms with Crippen molar-refractivity contribution in [2.24, 2.45) is 0 Å². The lowest BCUT2D eigenvalue weighted by molar-refractivity contribution is -0.148. The number of carbonyl (C=O) groups excluding carboxylic acids is 1. The largest absolute Gasteiger partial charge is 0.478 e. The zero-order valence-electron chi connectivity index (χ0n) is 12.1. The van der Waals surface area contributed by atoms with E-state index < -0.39 is 5.97 Å². The molecule has 0 bridgehead atoms. The normalized spacial score (nSPS) is 11.9. The van der Waals surface area contributed by atoms with E-state index in [0.29, 0.717) is 12.0 Å². The van der Waals surface area contributed by atoms with Crippen LogP contribution in [-0.2, 0) is 16.0 Å². The maximum absolute atomic E-state index is 11.3. The number of carboxylic acids is 1. The van der Waals surface area contributed by atoms with Crippen molar-refractivity contribution in [1.29, 1.82) is 0 Å². The molecule has 4 nitrogen and oxygen atoms in total. The summed E-state index contributed by atoms with van der Waals surface area (Å²) < 4.78 is 5.26. The second kappa shape index (κ2) is 8.35. The summed E-state index contributed by atoms with van der Waals surface area (Å²) in [4.78, 5) is 22.0. The van der Waals surface area contributed by atoms with Crippen LogP contribution >= 0.6 is 0 Å². The zero-order valence-corrected chi connectivity index (χ0v) is 12.1. The molecule has 4 heteroatoms. The van der Waals surface area contributed by atoms with Crippen molar-refractivity contribution in [1.82, 2.24) is 0 Å². The first-order valence-corrected chi connectivity index (χ1v) is 7.04. The Bertz CT molecular complexity index is 436. The monoisotopic (exact) mass is 278 g/mol. The van der Waals surface area contributed by atoms with Crippen molar-refractivity contribution in [2.45, 2.75) is 52.1 Å². The molecule has 20 heavy (non-hydrogen) atoms. The molecule has 0 spiro atoms. The summed E-state index contributed by atoms with van der Waals surface area (Å²) in [5, 5.41) is 8.80. The molecule has 0 heterocycles. The van der Waals surface area contributed by atoms with E-state index in [4.69, 9.17) is 9.84 Å². The summed E-state index contributed by atoms with van der Waals surface area (Å²) in [5.41, 5.74) is 1.40. The molecule has 0 fully saturated rings. The van der Waals surface area contributed by atoms with Gasteiger partial charge in [0.05, 0.1) is 11.7 Å². The van der Waals surface area contributed by atoms with Crippen molar-refractivity contribution in [2.75, 3.05) is 0 Å². The molecular weight excluding hydrogens is 256 g/mol. The Morgan fingerprint density at radius 3 is 2.45 bits per heavy atom. The van der Waals surface area contributed by atoms with Gasteiger partial charge in [-0.2, -0.15) is 0 Å². The number of carboxylic acid groups (broad SMARTS) is 1. The highest BCUT2D eigenvalue weighted by Crippen LogP contribution is 2.11. The Kier molecular flexibility index (Phi) is 6.77. The van der Waals surface area contributed by atoms with Crippen LogP contribution in [-0.4, -0.2) is 23.1 Å². The molecule has 1 unspecified atom stereocenters. The summed E-state index contributed by atoms with van der Waals surface area (Å²) in [6.45, 7) is 3.85. The summed E-state index contributed by atoms with van der Waals surface area (Å²) in [5.74, 6) is -1.04. The minimum absolute atomic E-state index is 0.0626. The van der Waals surface area contributed by atoms with E-state index in [1.807, 2.05) is 26.0 Å². The van der Waals surface area contributed by atoms with E-state index in [1.54, 1.807) is 12.1 Å². The lowest BCUT2D eigenvalue weighted by atomic mass is 10.0. The van der Waals surface area contributed by atoms with Crippen LogP contribution in [0.5, 0.6) is 0 Å². The van der Waals surface area contributed by atoms with Gasteiger partial charge >= 0.3 is 11.9 Å². The van der Waals surface area contributed by atoms with E-state index >= 15 is 0 Å². The number of aromatic carboxylic acids is 1. The molecule has 1 atom stereocenters. The summed E-state index contributed by atoms with van der Waals surface area (Å²) >= 11 is 0. The summed E-state index contributed by atoms with van der Waals surface area (Å²) in [7, 11) is 0. The molecule has 1 N–H and O–H groups in total. The predicted octanol–water partition coefficient (Wildman–Crippen LogP) is 3.44. The topological polar surface area (TPSA) is 63.6 Å². The Labute approximate surface area is 119 Å². The van der Waals surface area contributed by atoms with E-state index in [1.165, 1.54) is 0 Å². The van der Waals surface area contributed by atoms with Gasteiger partial charge < -0.3 is 9.84 Å². The number of benzene rings is 1. The Balaban J connectivity index is 2.29. The SMILES string of the molecule is CCCC(=O)OC(C)CCCc1ccc(C(=O)O)cc1. The Hall–Kier alpha value is -1.84. The molecule has 0 aliphatic carbocycles. The number of esters is 1. The first-order valence-electron chi connectivity index (χ1n) is 7.04. The maximum Gasteiger partial charge on any atom is 0.335 e. The van der Waals surface area contributed by atoms with Gasteiger partial charge in [0.1, 0.15) is 0 Å². The fourth-order valence-corrected chi connectivity index (χ4v) is 1.95. The maximum atomic E-state index is 11.3. The second-order valence-electron chi connectivity index (χ2n) is 4.94. The molecule has 110 valence electrons. The van der Waals surface area contributed by atoms with Crippen molar-refractivity contribution >= 4 is 11.9 Å². The van der Waals surface area contributed by atoms with Crippen LogP contribution in [0.3, 0.4) is 0 Å². The number of hydrogen-bond acceptors (Lipinski definition) is 3. The van der Waals surface area contributed by atoms with Gasteiger partial charge in [-0.15, -0.1) is 0 Å². The first kappa shape index (κ1) is 16.2. The molecular formula is C16H22O4. The van der Waals surface area contributed by atoms with Crippen LogP contribution in [0.4, 0.5) is 0 Å². The van der Waals surface area contributed by atoms with Crippen LogP contribution in [0.25, 0.3) is 0 Å². The highest BCUT2D eigenvalue weighted by Gasteiger charge is 2.08. The van der Waals surface area contributed by atoms with Crippen molar-refractivity contribution in [3.05, 3.63) is 35.4 Å². The van der Waals surface area contributed by atoms with E-state index in [-0.39, 0.29) is 12.1 Å². The quantitative estimate of drug-likeness (QED) is 0.740. The van der Waals surface area contributed by atoms with Gasteiger partial charge in [0.25, 0.3) is 0 Å². The minimum Gasteiger partial charge on any atom is -0.478 e. The van der Waals surface area contributed by atoms with Crippen LogP contribution < -0.4 is 0 Å². The van der Waals surface area contributed by atoms with E-state index in [2.05, 4.69) is 0 Å². The molecule has 1 rings (SSSR count). The van der Waals surface area contributed by atoms with Crippen LogP contribution in [0.15, 0.2) is 24.3 Å². The van der Waals surface area contributed by atoms with E-state index in [9.17, 15) is 9.59 Å². The zero-order chi connectivity index (χ0) is 15.0. The molecule has 1 aromatic carbocycles. The molecule has 0 aliphatic heterocycles. The number of ether oxygens (including phenoxy) is 1. The summed E-state index contributed by atoms with van der Waals surface area (Å²) in [6.07, 6.45) is 3.80. The minimum atomic E-state index is -0.909. The second-order valence-corrected chi connectivity index (χ2v) is 4.94. The van der Waals surface area contributed by atoms with Gasteiger partial charge in [0.2, 0.25) is 0 Å². The van der Waals surface area contributed by atoms with E-state index in [0.717, 1.165) is 31.2 Å². The average molecular weight is 278 g/mol. The molecule has 0 aromatic heterocycles. The van der Waals surface area contributed by atoms with Gasteiger partial charge in [-0.3, -0.25) is 4.79 Å². The van der Waals surface area contributed by atoms with Crippen molar-refractivity contribution in [3.8, 4) is 0 Å². The predicted molar refractivity (Wildman–Crippen MR) is 76.8 cm³/mol. The molecule has 0 saturated heterocycles. The van der Waals surface area contributed by atoms with Crippen LogP contribution in [0, 0.1) is 0 Å². The molecule has 0 radical (unpaired) electrons. The van der Waals surface area contributed by atoms with Crippen molar-refractivity contribution in [3.63, 3.8) is 0 Å². The average Bonchev–Trinajstić information content (AvgIpc) is 2.39. The standard InChI is InChI=1S/C16H22O4/c1-3-5-15(17)20-12(2)6-4-7-13-8-10-14(11-9-13)16(18)19/h8-12H,3-7H2,1-2H3,(H,18,19). The molecule has 1 aromatic rings. The third kappa shape index (κ3) is 5.87. The number of carbonyl (C=O) groups is 2. The third-order valence-corrected chi connectivity index (χ3v) is 3.06. The summed E-state index contributed by atoms with van der Waals surface area (Å²) in [6, 6.07) is 6.89. The number of aryl methyl sites for hydroxylation is 1. The van der Waals surface area contributed by atoms with Crippen LogP contribution in [0.1, 0.15) is 55.5 Å². The van der Waals surface area contributed by atoms with Gasteiger partial charge in [-0.25, -0.2) is 4.79 Å². The van der Waals surface area contributed by atoms with Gasteiger partial charge in [-0.1, -0.05) is 19.1 Å². The number of hydrogen-bond donors (Lipinski definition) is 1. The van der Waals surface area contributed by atoms with Gasteiger partial charge in [0, 0.05) is 6.42 Å². The highest BCUT2D eigenvalue weighted by molar-refractivity contribution is 5.87. The third-order valence-electron chi connectivity index (χ3n) is 3.06. The first-order chi connectivity index (χ1) is 9.52. The highest BCUT2D eigenvalue weighted by atomic mass is 16.5. The molecule has 0 amide bonds. The Morgan fingerprint density at radius 1 is 1.25 bits per heavy atom. The lowest BCUT2D eigenvalue weighted by Gasteiger charge is -2.12. The fourth-order valence-electron chi connectivity index (χ4n) is 1.95. The molecule has 0 saturated carbocycles. The van der Waals surface area contributed by atoms with Gasteiger partial charge in [-0.05, 0) is 50.3 Å². The fraction of sp³-hybridized carbons (Fsp3) is 0.500.